The predicted octanol–water partition coefficient (Wildman–Crippen LogP) is 3.20. The third-order valence-electron chi connectivity index (χ3n) is 6.35. The molecule has 3 unspecified atom stereocenters. The van der Waals surface area contributed by atoms with Crippen LogP contribution in [0.1, 0.15) is 31.2 Å². The third kappa shape index (κ3) is 4.57. The number of ether oxygens (including phenoxy) is 1. The van der Waals surface area contributed by atoms with E-state index in [0.717, 1.165) is 30.5 Å². The van der Waals surface area contributed by atoms with Crippen LogP contribution in [-0.2, 0) is 11.3 Å². The van der Waals surface area contributed by atoms with Crippen molar-refractivity contribution >= 4 is 11.6 Å². The number of rotatable bonds is 5. The lowest BCUT2D eigenvalue weighted by atomic mass is 9.92. The summed E-state index contributed by atoms with van der Waals surface area (Å²) in [6.45, 7) is 0.751. The van der Waals surface area contributed by atoms with Gasteiger partial charge in [0.2, 0.25) is 0 Å². The van der Waals surface area contributed by atoms with Crippen molar-refractivity contribution < 1.29 is 19.0 Å². The number of carbonyl (C=O) groups excluding carboxylic acids is 1. The Morgan fingerprint density at radius 1 is 1.15 bits per heavy atom. The van der Waals surface area contributed by atoms with Crippen molar-refractivity contribution in [1.82, 2.24) is 15.1 Å². The van der Waals surface area contributed by atoms with E-state index in [1.165, 1.54) is 10.7 Å². The molecule has 1 aliphatic carbocycles. The Labute approximate surface area is 191 Å². The molecule has 8 heteroatoms. The Morgan fingerprint density at radius 3 is 2.79 bits per heavy atom. The first-order chi connectivity index (χ1) is 16.1. The number of anilines is 1. The molecule has 0 bridgehead atoms. The molecule has 2 aliphatic rings. The van der Waals surface area contributed by atoms with Crippen molar-refractivity contribution in [3.63, 3.8) is 0 Å². The Kier molecular flexibility index (Phi) is 6.00. The molecule has 2 aromatic carbocycles. The van der Waals surface area contributed by atoms with Crippen LogP contribution in [0.25, 0.3) is 5.69 Å². The number of benzene rings is 2. The number of aliphatic hydroxyl groups is 1. The Morgan fingerprint density at radius 2 is 2.00 bits per heavy atom. The van der Waals surface area contributed by atoms with E-state index < -0.39 is 12.2 Å². The average Bonchev–Trinajstić information content (AvgIpc) is 3.35. The number of nitrogens with zero attached hydrogens (tertiary/aromatic N) is 3. The molecule has 0 spiro atoms. The summed E-state index contributed by atoms with van der Waals surface area (Å²) in [7, 11) is 0. The summed E-state index contributed by atoms with van der Waals surface area (Å²) in [6.07, 6.45) is 5.49. The van der Waals surface area contributed by atoms with Gasteiger partial charge >= 0.3 is 0 Å². The van der Waals surface area contributed by atoms with Crippen LogP contribution < -0.4 is 15.0 Å². The second-order valence-corrected chi connectivity index (χ2v) is 8.66. The van der Waals surface area contributed by atoms with Crippen molar-refractivity contribution in [2.45, 2.75) is 50.5 Å². The minimum Gasteiger partial charge on any atom is -0.477 e. The molecule has 172 valence electrons. The molecule has 3 atom stereocenters. The van der Waals surface area contributed by atoms with Gasteiger partial charge < -0.3 is 20.1 Å². The number of aromatic nitrogens is 2. The van der Waals surface area contributed by atoms with Crippen molar-refractivity contribution in [2.24, 2.45) is 0 Å². The zero-order valence-corrected chi connectivity index (χ0v) is 18.2. The van der Waals surface area contributed by atoms with E-state index in [4.69, 9.17) is 4.74 Å². The SMILES string of the molecule is O=C(NC1CCCCC1O)C1CN(Cc2ccc(-n3cccn3)c(F)c2)c2ccccc2O1. The van der Waals surface area contributed by atoms with Gasteiger partial charge in [0.15, 0.2) is 6.10 Å². The normalized spacial score (nSPS) is 22.4. The van der Waals surface area contributed by atoms with Crippen molar-refractivity contribution in [3.8, 4) is 11.4 Å². The molecule has 1 amide bonds. The molecule has 0 radical (unpaired) electrons. The highest BCUT2D eigenvalue weighted by atomic mass is 19.1. The fourth-order valence-corrected chi connectivity index (χ4v) is 4.61. The van der Waals surface area contributed by atoms with Crippen LogP contribution in [0.4, 0.5) is 10.1 Å². The van der Waals surface area contributed by atoms with Crippen molar-refractivity contribution in [2.75, 3.05) is 11.4 Å². The van der Waals surface area contributed by atoms with Crippen LogP contribution in [0, 0.1) is 5.82 Å². The zero-order valence-electron chi connectivity index (χ0n) is 18.2. The smallest absolute Gasteiger partial charge is 0.263 e. The molecule has 1 aliphatic heterocycles. The summed E-state index contributed by atoms with van der Waals surface area (Å²) in [6, 6.07) is 14.1. The van der Waals surface area contributed by atoms with Crippen LogP contribution >= 0.6 is 0 Å². The monoisotopic (exact) mass is 450 g/mol. The summed E-state index contributed by atoms with van der Waals surface area (Å²) in [5.41, 5.74) is 2.02. The first-order valence-electron chi connectivity index (χ1n) is 11.4. The lowest BCUT2D eigenvalue weighted by Gasteiger charge is -2.37. The largest absolute Gasteiger partial charge is 0.477 e. The number of aliphatic hydroxyl groups excluding tert-OH is 1. The molecule has 7 nitrogen and oxygen atoms in total. The zero-order chi connectivity index (χ0) is 22.8. The average molecular weight is 451 g/mol. The molecule has 33 heavy (non-hydrogen) atoms. The molecule has 2 heterocycles. The van der Waals surface area contributed by atoms with E-state index in [1.54, 1.807) is 24.5 Å². The summed E-state index contributed by atoms with van der Waals surface area (Å²) in [5, 5.41) is 17.3. The van der Waals surface area contributed by atoms with Gasteiger partial charge in [-0.05, 0) is 48.7 Å². The van der Waals surface area contributed by atoms with E-state index in [9.17, 15) is 14.3 Å². The molecule has 3 aromatic rings. The summed E-state index contributed by atoms with van der Waals surface area (Å²) in [4.78, 5) is 15.0. The minimum absolute atomic E-state index is 0.235. The number of fused-ring (bicyclic) bond motifs is 1. The maximum atomic E-state index is 14.8. The number of amides is 1. The number of halogens is 1. The first kappa shape index (κ1) is 21.5. The van der Waals surface area contributed by atoms with Gasteiger partial charge in [0.1, 0.15) is 17.3 Å². The van der Waals surface area contributed by atoms with Crippen LogP contribution in [-0.4, -0.2) is 45.6 Å². The van der Waals surface area contributed by atoms with Gasteiger partial charge in [0.25, 0.3) is 5.91 Å². The summed E-state index contributed by atoms with van der Waals surface area (Å²) >= 11 is 0. The van der Waals surface area contributed by atoms with Crippen LogP contribution in [0.15, 0.2) is 60.9 Å². The van der Waals surface area contributed by atoms with Gasteiger partial charge in [-0.2, -0.15) is 5.10 Å². The second-order valence-electron chi connectivity index (χ2n) is 8.66. The molecular weight excluding hydrogens is 423 g/mol. The Bertz CT molecular complexity index is 1120. The fraction of sp³-hybridized carbons (Fsp3) is 0.360. The quantitative estimate of drug-likeness (QED) is 0.624. The second kappa shape index (κ2) is 9.23. The van der Waals surface area contributed by atoms with Gasteiger partial charge in [-0.1, -0.05) is 31.0 Å². The van der Waals surface area contributed by atoms with Crippen LogP contribution in [0.2, 0.25) is 0 Å². The van der Waals surface area contributed by atoms with E-state index >= 15 is 0 Å². The lowest BCUT2D eigenvalue weighted by molar-refractivity contribution is -0.129. The highest BCUT2D eigenvalue weighted by molar-refractivity contribution is 5.83. The van der Waals surface area contributed by atoms with Gasteiger partial charge in [-0.25, -0.2) is 9.07 Å². The molecule has 1 aromatic heterocycles. The number of carbonyl (C=O) groups is 1. The molecule has 1 fully saturated rings. The Hall–Kier alpha value is -3.39. The third-order valence-corrected chi connectivity index (χ3v) is 6.35. The van der Waals surface area contributed by atoms with Crippen LogP contribution in [0.3, 0.4) is 0 Å². The molecule has 0 saturated heterocycles. The van der Waals surface area contributed by atoms with E-state index in [-0.39, 0.29) is 17.8 Å². The van der Waals surface area contributed by atoms with E-state index in [2.05, 4.69) is 10.4 Å². The van der Waals surface area contributed by atoms with Crippen LogP contribution in [0.5, 0.6) is 5.75 Å². The van der Waals surface area contributed by atoms with Crippen molar-refractivity contribution in [1.29, 1.82) is 0 Å². The topological polar surface area (TPSA) is 79.6 Å². The number of para-hydroxylation sites is 2. The van der Waals surface area contributed by atoms with E-state index in [0.29, 0.717) is 30.9 Å². The standard InChI is InChI=1S/C25H27FN4O3/c26-18-14-17(10-11-20(18)30-13-5-12-27-30)15-29-16-24(33-23-9-4-2-7-21(23)29)25(32)28-19-6-1-3-8-22(19)31/h2,4-5,7,9-14,19,22,24,31H,1,3,6,8,15-16H2,(H,28,32). The van der Waals surface area contributed by atoms with Gasteiger partial charge in [-0.3, -0.25) is 4.79 Å². The van der Waals surface area contributed by atoms with Gasteiger partial charge in [0.05, 0.1) is 24.4 Å². The first-order valence-corrected chi connectivity index (χ1v) is 11.4. The number of nitrogens with one attached hydrogen (secondary N) is 1. The number of hydrogen-bond acceptors (Lipinski definition) is 5. The maximum Gasteiger partial charge on any atom is 0.263 e. The maximum absolute atomic E-state index is 14.8. The molecular formula is C25H27FN4O3. The van der Waals surface area contributed by atoms with E-state index in [1.807, 2.05) is 35.2 Å². The van der Waals surface area contributed by atoms with Gasteiger partial charge in [0, 0.05) is 18.9 Å². The number of hydrogen-bond donors (Lipinski definition) is 2. The van der Waals surface area contributed by atoms with Gasteiger partial charge in [-0.15, -0.1) is 0 Å². The molecule has 2 N–H and O–H groups in total. The summed E-state index contributed by atoms with van der Waals surface area (Å²) in [5.74, 6) is 0.0145. The molecule has 1 saturated carbocycles. The highest BCUT2D eigenvalue weighted by Crippen LogP contribution is 2.34. The summed E-state index contributed by atoms with van der Waals surface area (Å²) < 4.78 is 22.3. The highest BCUT2D eigenvalue weighted by Gasteiger charge is 2.33. The minimum atomic E-state index is -0.720. The lowest BCUT2D eigenvalue weighted by Crippen LogP contribution is -2.54. The molecule has 5 rings (SSSR count). The fourth-order valence-electron chi connectivity index (χ4n) is 4.61. The predicted molar refractivity (Wildman–Crippen MR) is 122 cm³/mol. The van der Waals surface area contributed by atoms with Crippen molar-refractivity contribution in [3.05, 3.63) is 72.3 Å². The Balaban J connectivity index is 1.34.